The maximum absolute atomic E-state index is 12.9. The van der Waals surface area contributed by atoms with E-state index in [1.54, 1.807) is 0 Å². The van der Waals surface area contributed by atoms with Crippen LogP contribution < -0.4 is 10.9 Å². The predicted octanol–water partition coefficient (Wildman–Crippen LogP) is 4.51. The minimum absolute atomic E-state index is 0.0772. The zero-order valence-electron chi connectivity index (χ0n) is 20.9. The molecule has 0 radical (unpaired) electrons. The van der Waals surface area contributed by atoms with Crippen LogP contribution in [0.3, 0.4) is 0 Å². The third-order valence-electron chi connectivity index (χ3n) is 6.56. The second-order valence-corrected chi connectivity index (χ2v) is 9.69. The van der Waals surface area contributed by atoms with Crippen LogP contribution in [0.5, 0.6) is 0 Å². The molecule has 1 unspecified atom stereocenters. The number of carbonyl (C=O) groups excluding carboxylic acids is 2. The maximum atomic E-state index is 12.9. The lowest BCUT2D eigenvalue weighted by Gasteiger charge is -2.21. The number of benzene rings is 2. The molecule has 8 nitrogen and oxygen atoms in total. The van der Waals surface area contributed by atoms with Gasteiger partial charge < -0.3 is 4.74 Å². The molecule has 0 fully saturated rings. The smallest absolute Gasteiger partial charge is 0.264 e. The third-order valence-corrected chi connectivity index (χ3v) is 6.84. The van der Waals surface area contributed by atoms with E-state index >= 15 is 0 Å². The number of amides is 2. The maximum Gasteiger partial charge on any atom is 0.264 e. The molecule has 1 aliphatic heterocycles. The first-order valence-electron chi connectivity index (χ1n) is 12.5. The molecule has 2 aliphatic rings. The van der Waals surface area contributed by atoms with Crippen molar-refractivity contribution in [2.24, 2.45) is 5.92 Å². The van der Waals surface area contributed by atoms with Gasteiger partial charge in [0.1, 0.15) is 18.3 Å². The van der Waals surface area contributed by atoms with Crippen LogP contribution in [-0.2, 0) is 20.9 Å². The van der Waals surface area contributed by atoms with E-state index in [0.29, 0.717) is 12.4 Å². The van der Waals surface area contributed by atoms with Crippen LogP contribution >= 0.6 is 11.6 Å². The largest absolute Gasteiger partial charge is 0.367 e. The molecule has 0 saturated carbocycles. The number of halogens is 1. The van der Waals surface area contributed by atoms with Crippen LogP contribution in [0.4, 0.5) is 0 Å². The molecule has 2 heterocycles. The number of ether oxygens (including phenoxy) is 1. The molecule has 1 aromatic heterocycles. The highest BCUT2D eigenvalue weighted by atomic mass is 35.5. The van der Waals surface area contributed by atoms with Gasteiger partial charge in [-0.05, 0) is 36.6 Å². The summed E-state index contributed by atoms with van der Waals surface area (Å²) < 4.78 is 7.44. The van der Waals surface area contributed by atoms with Crippen molar-refractivity contribution in [3.8, 4) is 5.69 Å². The standard InChI is InChI=1S/C29H28ClN5O3/c1-19-31-34-29-22(16-27(36)32-33-28(37)18-38-17-20-7-3-2-4-8-20)15-25(21-11-13-23(30)14-12-21)24-9-5-6-10-26(24)35(19)29/h2-11,13-15,21-22H,12,16-18H2,1H3,(H,32,36)(H,33,37)/t21?,22-/m0/s1. The van der Waals surface area contributed by atoms with Gasteiger partial charge in [0.15, 0.2) is 0 Å². The van der Waals surface area contributed by atoms with Crippen molar-refractivity contribution in [2.75, 3.05) is 6.61 Å². The number of hydrogen-bond donors (Lipinski definition) is 2. The van der Waals surface area contributed by atoms with Crippen molar-refractivity contribution in [2.45, 2.75) is 32.3 Å². The fourth-order valence-electron chi connectivity index (χ4n) is 4.77. The summed E-state index contributed by atoms with van der Waals surface area (Å²) in [6.45, 7) is 2.03. The normalized spacial score (nSPS) is 17.9. The van der Waals surface area contributed by atoms with E-state index in [1.807, 2.05) is 72.2 Å². The number of aryl methyl sites for hydroxylation is 1. The van der Waals surface area contributed by atoms with Crippen LogP contribution in [0.2, 0.25) is 0 Å². The Hall–Kier alpha value is -4.01. The molecule has 0 bridgehead atoms. The average molecular weight is 530 g/mol. The molecular weight excluding hydrogens is 502 g/mol. The first-order chi connectivity index (χ1) is 18.5. The molecule has 2 N–H and O–H groups in total. The first kappa shape index (κ1) is 25.6. The van der Waals surface area contributed by atoms with Gasteiger partial charge in [-0.25, -0.2) is 0 Å². The minimum atomic E-state index is -0.436. The topological polar surface area (TPSA) is 98.1 Å². The molecule has 5 rings (SSSR count). The van der Waals surface area contributed by atoms with Gasteiger partial charge in [-0.2, -0.15) is 0 Å². The molecule has 1 aliphatic carbocycles. The number of para-hydroxylation sites is 1. The summed E-state index contributed by atoms with van der Waals surface area (Å²) in [4.78, 5) is 25.2. The zero-order valence-corrected chi connectivity index (χ0v) is 21.7. The first-order valence-corrected chi connectivity index (χ1v) is 12.8. The summed E-state index contributed by atoms with van der Waals surface area (Å²) in [7, 11) is 0. The Morgan fingerprint density at radius 1 is 1.05 bits per heavy atom. The fourth-order valence-corrected chi connectivity index (χ4v) is 4.93. The molecule has 0 spiro atoms. The van der Waals surface area contributed by atoms with Gasteiger partial charge >= 0.3 is 0 Å². The summed E-state index contributed by atoms with van der Waals surface area (Å²) in [5, 5.41) is 9.46. The van der Waals surface area contributed by atoms with Gasteiger partial charge in [-0.15, -0.1) is 10.2 Å². The number of nitrogens with one attached hydrogen (secondary N) is 2. The van der Waals surface area contributed by atoms with Crippen LogP contribution in [0.15, 0.2) is 83.9 Å². The summed E-state index contributed by atoms with van der Waals surface area (Å²) in [5.41, 5.74) is 9.04. The van der Waals surface area contributed by atoms with E-state index in [9.17, 15) is 9.59 Å². The number of aromatic nitrogens is 3. The lowest BCUT2D eigenvalue weighted by molar-refractivity contribution is -0.132. The van der Waals surface area contributed by atoms with E-state index < -0.39 is 5.91 Å². The van der Waals surface area contributed by atoms with Crippen molar-refractivity contribution < 1.29 is 14.3 Å². The van der Waals surface area contributed by atoms with Crippen LogP contribution in [0.25, 0.3) is 11.3 Å². The highest BCUT2D eigenvalue weighted by Crippen LogP contribution is 2.40. The number of hydrazine groups is 1. The Bertz CT molecular complexity index is 1430. The van der Waals surface area contributed by atoms with Crippen LogP contribution in [0.1, 0.15) is 41.5 Å². The van der Waals surface area contributed by atoms with E-state index in [4.69, 9.17) is 16.3 Å². The second-order valence-electron chi connectivity index (χ2n) is 9.26. The Labute approximate surface area is 226 Å². The Balaban J connectivity index is 1.30. The van der Waals surface area contributed by atoms with Crippen molar-refractivity contribution >= 4 is 29.0 Å². The van der Waals surface area contributed by atoms with Gasteiger partial charge in [-0.1, -0.05) is 78.4 Å². The Morgan fingerprint density at radius 3 is 2.61 bits per heavy atom. The van der Waals surface area contributed by atoms with Crippen molar-refractivity contribution in [1.82, 2.24) is 25.6 Å². The van der Waals surface area contributed by atoms with Gasteiger partial charge in [0.25, 0.3) is 5.91 Å². The number of fused-ring (bicyclic) bond motifs is 3. The number of rotatable bonds is 7. The molecule has 2 atom stereocenters. The predicted molar refractivity (Wildman–Crippen MR) is 145 cm³/mol. The average Bonchev–Trinajstić information content (AvgIpc) is 3.25. The van der Waals surface area contributed by atoms with Crippen molar-refractivity contribution in [3.05, 3.63) is 107 Å². The third kappa shape index (κ3) is 5.77. The molecule has 38 heavy (non-hydrogen) atoms. The van der Waals surface area contributed by atoms with E-state index in [0.717, 1.165) is 39.7 Å². The lowest BCUT2D eigenvalue weighted by atomic mass is 9.85. The molecule has 2 amide bonds. The Morgan fingerprint density at radius 2 is 1.82 bits per heavy atom. The summed E-state index contributed by atoms with van der Waals surface area (Å²) in [5.74, 6) is 0.365. The summed E-state index contributed by atoms with van der Waals surface area (Å²) in [6, 6.07) is 17.7. The molecule has 194 valence electrons. The van der Waals surface area contributed by atoms with Crippen LogP contribution in [0, 0.1) is 12.8 Å². The van der Waals surface area contributed by atoms with Gasteiger partial charge in [-0.3, -0.25) is 25.0 Å². The summed E-state index contributed by atoms with van der Waals surface area (Å²) >= 11 is 6.19. The van der Waals surface area contributed by atoms with Gasteiger partial charge in [0.05, 0.1) is 12.3 Å². The van der Waals surface area contributed by atoms with E-state index in [2.05, 4.69) is 39.3 Å². The molecule has 9 heteroatoms. The lowest BCUT2D eigenvalue weighted by Crippen LogP contribution is -2.43. The highest BCUT2D eigenvalue weighted by molar-refractivity contribution is 6.31. The molecule has 3 aromatic rings. The number of nitrogens with zero attached hydrogens (tertiary/aromatic N) is 3. The van der Waals surface area contributed by atoms with Gasteiger partial charge in [0.2, 0.25) is 5.91 Å². The van der Waals surface area contributed by atoms with Crippen LogP contribution in [-0.4, -0.2) is 33.2 Å². The van der Waals surface area contributed by atoms with E-state index in [-0.39, 0.29) is 30.8 Å². The van der Waals surface area contributed by atoms with Crippen molar-refractivity contribution in [3.63, 3.8) is 0 Å². The number of carbonyl (C=O) groups is 2. The number of allylic oxidation sites excluding steroid dienone is 6. The minimum Gasteiger partial charge on any atom is -0.367 e. The fraction of sp³-hybridized carbons (Fsp3) is 0.241. The van der Waals surface area contributed by atoms with E-state index in [1.165, 1.54) is 0 Å². The SMILES string of the molecule is Cc1nnc2n1-c1ccccc1C(C1C=CC(Cl)=CC1)=C[C@H]2CC(=O)NNC(=O)COCc1ccccc1. The monoisotopic (exact) mass is 529 g/mol. The number of hydrogen-bond acceptors (Lipinski definition) is 5. The van der Waals surface area contributed by atoms with Crippen molar-refractivity contribution in [1.29, 1.82) is 0 Å². The molecule has 0 saturated heterocycles. The second kappa shape index (κ2) is 11.6. The summed E-state index contributed by atoms with van der Waals surface area (Å²) in [6.07, 6.45) is 8.94. The zero-order chi connectivity index (χ0) is 26.5. The molecule has 2 aromatic carbocycles. The quantitative estimate of drug-likeness (QED) is 0.439. The highest BCUT2D eigenvalue weighted by Gasteiger charge is 2.30. The Kier molecular flexibility index (Phi) is 7.81. The van der Waals surface area contributed by atoms with Gasteiger partial charge in [0, 0.05) is 28.9 Å². The molecular formula is C29H28ClN5O3.